The smallest absolute Gasteiger partial charge is 0.410 e. The molecule has 29 heavy (non-hydrogen) atoms. The number of nitrogens with zero attached hydrogens (tertiary/aromatic N) is 1. The molecule has 1 amide bonds. The van der Waals surface area contributed by atoms with Crippen LogP contribution in [0.3, 0.4) is 0 Å². The van der Waals surface area contributed by atoms with Crippen molar-refractivity contribution in [2.75, 3.05) is 13.1 Å². The standard InChI is InChI=1S/C24H29NO4/c1-18(2)28-22-16-24(29-21-11-7-6-10-20(21)22)12-14-25(15-13-24)23(26)27-17-19-8-4-3-5-9-19/h3-11,18,22H,12-17H2,1-2H3. The molecule has 2 aliphatic rings. The van der Waals surface area contributed by atoms with Crippen LogP contribution in [-0.4, -0.2) is 35.8 Å². The van der Waals surface area contributed by atoms with Gasteiger partial charge < -0.3 is 19.1 Å². The fourth-order valence-electron chi connectivity index (χ4n) is 4.23. The van der Waals surface area contributed by atoms with Gasteiger partial charge in [0.05, 0.1) is 12.2 Å². The van der Waals surface area contributed by atoms with Gasteiger partial charge in [-0.1, -0.05) is 48.5 Å². The molecular weight excluding hydrogens is 366 g/mol. The molecule has 1 spiro atoms. The van der Waals surface area contributed by atoms with E-state index in [2.05, 4.69) is 19.9 Å². The van der Waals surface area contributed by atoms with E-state index < -0.39 is 0 Å². The first-order valence-electron chi connectivity index (χ1n) is 10.4. The Bertz CT molecular complexity index is 828. The average Bonchev–Trinajstić information content (AvgIpc) is 2.73. The summed E-state index contributed by atoms with van der Waals surface area (Å²) in [6.07, 6.45) is 2.29. The second-order valence-electron chi connectivity index (χ2n) is 8.23. The maximum atomic E-state index is 12.5. The Balaban J connectivity index is 1.38. The first kappa shape index (κ1) is 19.8. The number of benzene rings is 2. The summed E-state index contributed by atoms with van der Waals surface area (Å²) in [5.74, 6) is 0.907. The number of carbonyl (C=O) groups excluding carboxylic acids is 1. The van der Waals surface area contributed by atoms with E-state index in [1.165, 1.54) is 0 Å². The highest BCUT2D eigenvalue weighted by molar-refractivity contribution is 5.67. The minimum atomic E-state index is -0.288. The van der Waals surface area contributed by atoms with Crippen LogP contribution in [0.15, 0.2) is 54.6 Å². The maximum Gasteiger partial charge on any atom is 0.410 e. The van der Waals surface area contributed by atoms with Crippen LogP contribution in [0, 0.1) is 0 Å². The van der Waals surface area contributed by atoms with Crippen LogP contribution in [0.5, 0.6) is 5.75 Å². The number of rotatable bonds is 4. The normalized spacial score (nSPS) is 20.2. The van der Waals surface area contributed by atoms with Crippen molar-refractivity contribution in [3.05, 3.63) is 65.7 Å². The lowest BCUT2D eigenvalue weighted by Crippen LogP contribution is -2.52. The van der Waals surface area contributed by atoms with Gasteiger partial charge in [-0.2, -0.15) is 0 Å². The number of piperidine rings is 1. The van der Waals surface area contributed by atoms with E-state index >= 15 is 0 Å². The summed E-state index contributed by atoms with van der Waals surface area (Å²) in [5.41, 5.74) is 1.83. The molecule has 0 aromatic heterocycles. The number of carbonyl (C=O) groups is 1. The number of para-hydroxylation sites is 1. The molecule has 2 aromatic rings. The van der Waals surface area contributed by atoms with Crippen molar-refractivity contribution in [1.29, 1.82) is 0 Å². The van der Waals surface area contributed by atoms with Crippen molar-refractivity contribution in [3.8, 4) is 5.75 Å². The second kappa shape index (κ2) is 8.46. The summed E-state index contributed by atoms with van der Waals surface area (Å²) in [6.45, 7) is 5.69. The Morgan fingerprint density at radius 2 is 1.79 bits per heavy atom. The van der Waals surface area contributed by atoms with Gasteiger partial charge in [0.15, 0.2) is 0 Å². The van der Waals surface area contributed by atoms with Crippen LogP contribution in [0.1, 0.15) is 50.3 Å². The van der Waals surface area contributed by atoms with E-state index in [1.54, 1.807) is 4.90 Å². The Kier molecular flexibility index (Phi) is 5.76. The molecule has 0 radical (unpaired) electrons. The van der Waals surface area contributed by atoms with Crippen LogP contribution >= 0.6 is 0 Å². The third kappa shape index (κ3) is 4.56. The molecule has 4 rings (SSSR count). The van der Waals surface area contributed by atoms with Gasteiger partial charge >= 0.3 is 6.09 Å². The van der Waals surface area contributed by atoms with Crippen molar-refractivity contribution in [2.45, 2.75) is 57.5 Å². The monoisotopic (exact) mass is 395 g/mol. The predicted molar refractivity (Wildman–Crippen MR) is 111 cm³/mol. The SMILES string of the molecule is CC(C)OC1CC2(CCN(C(=O)OCc3ccccc3)CC2)Oc2ccccc21. The summed E-state index contributed by atoms with van der Waals surface area (Å²) in [7, 11) is 0. The van der Waals surface area contributed by atoms with Gasteiger partial charge in [0.2, 0.25) is 0 Å². The van der Waals surface area contributed by atoms with Gasteiger partial charge in [-0.05, 0) is 25.5 Å². The molecule has 2 aromatic carbocycles. The lowest BCUT2D eigenvalue weighted by atomic mass is 9.81. The summed E-state index contributed by atoms with van der Waals surface area (Å²) in [5, 5.41) is 0. The molecule has 1 saturated heterocycles. The topological polar surface area (TPSA) is 48.0 Å². The molecule has 5 nitrogen and oxygen atoms in total. The molecule has 0 bridgehead atoms. The van der Waals surface area contributed by atoms with Crippen molar-refractivity contribution < 1.29 is 19.0 Å². The zero-order valence-electron chi connectivity index (χ0n) is 17.2. The van der Waals surface area contributed by atoms with Gasteiger partial charge in [-0.15, -0.1) is 0 Å². The van der Waals surface area contributed by atoms with Crippen molar-refractivity contribution in [3.63, 3.8) is 0 Å². The van der Waals surface area contributed by atoms with Crippen molar-refractivity contribution in [2.24, 2.45) is 0 Å². The van der Waals surface area contributed by atoms with Gasteiger partial charge in [0.25, 0.3) is 0 Å². The number of amides is 1. The molecule has 1 unspecified atom stereocenters. The highest BCUT2D eigenvalue weighted by atomic mass is 16.6. The number of hydrogen-bond acceptors (Lipinski definition) is 4. The predicted octanol–water partition coefficient (Wildman–Crippen LogP) is 5.11. The summed E-state index contributed by atoms with van der Waals surface area (Å²) in [6, 6.07) is 17.9. The lowest BCUT2D eigenvalue weighted by Gasteiger charge is -2.46. The molecule has 2 heterocycles. The third-order valence-corrected chi connectivity index (χ3v) is 5.72. The zero-order valence-corrected chi connectivity index (χ0v) is 17.2. The van der Waals surface area contributed by atoms with E-state index in [9.17, 15) is 4.79 Å². The summed E-state index contributed by atoms with van der Waals surface area (Å²) >= 11 is 0. The largest absolute Gasteiger partial charge is 0.487 e. The van der Waals surface area contributed by atoms with Crippen molar-refractivity contribution >= 4 is 6.09 Å². The van der Waals surface area contributed by atoms with Gasteiger partial charge in [-0.3, -0.25) is 0 Å². The van der Waals surface area contributed by atoms with Crippen LogP contribution < -0.4 is 4.74 Å². The molecule has 0 N–H and O–H groups in total. The third-order valence-electron chi connectivity index (χ3n) is 5.72. The quantitative estimate of drug-likeness (QED) is 0.722. The molecule has 0 aliphatic carbocycles. The first-order valence-corrected chi connectivity index (χ1v) is 10.4. The van der Waals surface area contributed by atoms with Crippen LogP contribution in [0.25, 0.3) is 0 Å². The fraction of sp³-hybridized carbons (Fsp3) is 0.458. The maximum absolute atomic E-state index is 12.5. The number of hydrogen-bond donors (Lipinski definition) is 0. The Labute approximate surface area is 172 Å². The molecule has 2 aliphatic heterocycles. The minimum Gasteiger partial charge on any atom is -0.487 e. The molecule has 1 atom stereocenters. The van der Waals surface area contributed by atoms with Crippen LogP contribution in [0.4, 0.5) is 4.79 Å². The molecule has 1 fully saturated rings. The van der Waals surface area contributed by atoms with Gasteiger partial charge in [0, 0.05) is 37.9 Å². The van der Waals surface area contributed by atoms with Crippen molar-refractivity contribution in [1.82, 2.24) is 4.90 Å². The molecule has 0 saturated carbocycles. The first-order chi connectivity index (χ1) is 14.0. The van der Waals surface area contributed by atoms with Gasteiger partial charge in [0.1, 0.15) is 18.0 Å². The average molecular weight is 395 g/mol. The van der Waals surface area contributed by atoms with E-state index in [0.717, 1.165) is 36.1 Å². The van der Waals surface area contributed by atoms with Crippen LogP contribution in [0.2, 0.25) is 0 Å². The summed E-state index contributed by atoms with van der Waals surface area (Å²) < 4.78 is 18.2. The molecule has 154 valence electrons. The number of fused-ring (bicyclic) bond motifs is 1. The number of likely N-dealkylation sites (tertiary alicyclic amines) is 1. The van der Waals surface area contributed by atoms with Crippen LogP contribution in [-0.2, 0) is 16.1 Å². The fourth-order valence-corrected chi connectivity index (χ4v) is 4.23. The Hall–Kier alpha value is -2.53. The highest BCUT2D eigenvalue weighted by Crippen LogP contribution is 2.46. The molecular formula is C24H29NO4. The Morgan fingerprint density at radius 1 is 1.10 bits per heavy atom. The summed E-state index contributed by atoms with van der Waals surface area (Å²) in [4.78, 5) is 14.3. The zero-order chi connectivity index (χ0) is 20.3. The molecule has 5 heteroatoms. The van der Waals surface area contributed by atoms with E-state index in [-0.39, 0.29) is 23.9 Å². The number of ether oxygens (including phenoxy) is 3. The van der Waals surface area contributed by atoms with Gasteiger partial charge in [-0.25, -0.2) is 4.79 Å². The van der Waals surface area contributed by atoms with E-state index in [4.69, 9.17) is 14.2 Å². The Morgan fingerprint density at radius 3 is 2.52 bits per heavy atom. The van der Waals surface area contributed by atoms with E-state index in [1.807, 2.05) is 48.5 Å². The lowest BCUT2D eigenvalue weighted by molar-refractivity contribution is -0.0885. The second-order valence-corrected chi connectivity index (χ2v) is 8.23. The van der Waals surface area contributed by atoms with E-state index in [0.29, 0.717) is 19.7 Å². The highest BCUT2D eigenvalue weighted by Gasteiger charge is 2.44. The minimum absolute atomic E-state index is 0.0246.